The molecule has 0 bridgehead atoms. The van der Waals surface area contributed by atoms with Crippen LogP contribution in [-0.4, -0.2) is 29.7 Å². The van der Waals surface area contributed by atoms with E-state index in [0.717, 1.165) is 29.8 Å². The number of nitrogens with zero attached hydrogens (tertiary/aromatic N) is 1. The van der Waals surface area contributed by atoms with Gasteiger partial charge in [0, 0.05) is 29.4 Å². The first kappa shape index (κ1) is 15.0. The van der Waals surface area contributed by atoms with Gasteiger partial charge >= 0.3 is 0 Å². The fourth-order valence-corrected chi connectivity index (χ4v) is 3.63. The van der Waals surface area contributed by atoms with E-state index in [1.54, 1.807) is 11.3 Å². The highest BCUT2D eigenvalue weighted by Crippen LogP contribution is 2.22. The van der Waals surface area contributed by atoms with Crippen molar-refractivity contribution in [2.24, 2.45) is 5.92 Å². The van der Waals surface area contributed by atoms with Gasteiger partial charge in [0.15, 0.2) is 5.78 Å². The van der Waals surface area contributed by atoms with Gasteiger partial charge in [-0.1, -0.05) is 36.4 Å². The zero-order valence-electron chi connectivity index (χ0n) is 12.4. The monoisotopic (exact) mass is 313 g/mol. The molecule has 1 fully saturated rings. The summed E-state index contributed by atoms with van der Waals surface area (Å²) in [7, 11) is 0. The van der Waals surface area contributed by atoms with Crippen LogP contribution >= 0.6 is 11.3 Å². The Morgan fingerprint density at radius 2 is 1.95 bits per heavy atom. The van der Waals surface area contributed by atoms with Crippen LogP contribution in [0.3, 0.4) is 0 Å². The van der Waals surface area contributed by atoms with Crippen LogP contribution in [0.4, 0.5) is 0 Å². The zero-order valence-corrected chi connectivity index (χ0v) is 13.2. The summed E-state index contributed by atoms with van der Waals surface area (Å²) in [6.07, 6.45) is 2.22. The van der Waals surface area contributed by atoms with Crippen LogP contribution in [0.5, 0.6) is 0 Å². The van der Waals surface area contributed by atoms with Crippen LogP contribution in [0.1, 0.15) is 28.1 Å². The Kier molecular flexibility index (Phi) is 4.68. The van der Waals surface area contributed by atoms with Gasteiger partial charge in [0.25, 0.3) is 0 Å². The summed E-state index contributed by atoms with van der Waals surface area (Å²) in [5.41, 5.74) is 0.750. The SMILES string of the molecule is O=C(c1ccccc1)C1CCCN(C(=O)Cc2cccs2)C1. The van der Waals surface area contributed by atoms with Crippen molar-refractivity contribution < 1.29 is 9.59 Å². The van der Waals surface area contributed by atoms with E-state index in [0.29, 0.717) is 13.0 Å². The summed E-state index contributed by atoms with van der Waals surface area (Å²) in [5, 5.41) is 1.99. The normalized spacial score (nSPS) is 18.2. The molecular weight excluding hydrogens is 294 g/mol. The van der Waals surface area contributed by atoms with Crippen molar-refractivity contribution in [3.63, 3.8) is 0 Å². The van der Waals surface area contributed by atoms with Crippen LogP contribution in [-0.2, 0) is 11.2 Å². The summed E-state index contributed by atoms with van der Waals surface area (Å²) in [6.45, 7) is 1.32. The minimum absolute atomic E-state index is 0.0663. The third kappa shape index (κ3) is 3.45. The topological polar surface area (TPSA) is 37.4 Å². The largest absolute Gasteiger partial charge is 0.342 e. The molecule has 3 nitrogen and oxygen atoms in total. The van der Waals surface area contributed by atoms with E-state index in [2.05, 4.69) is 0 Å². The van der Waals surface area contributed by atoms with Crippen LogP contribution in [0, 0.1) is 5.92 Å². The minimum atomic E-state index is -0.0663. The van der Waals surface area contributed by atoms with E-state index in [4.69, 9.17) is 0 Å². The average Bonchev–Trinajstić information content (AvgIpc) is 3.08. The highest BCUT2D eigenvalue weighted by molar-refractivity contribution is 7.10. The summed E-state index contributed by atoms with van der Waals surface area (Å²) < 4.78 is 0. The molecule has 1 unspecified atom stereocenters. The fourth-order valence-electron chi connectivity index (χ4n) is 2.93. The van der Waals surface area contributed by atoms with E-state index in [1.807, 2.05) is 52.7 Å². The Morgan fingerprint density at radius 1 is 1.14 bits per heavy atom. The second-order valence-electron chi connectivity index (χ2n) is 5.67. The Hall–Kier alpha value is -1.94. The molecule has 3 rings (SSSR count). The Labute approximate surface area is 134 Å². The van der Waals surface area contributed by atoms with Crippen molar-refractivity contribution >= 4 is 23.0 Å². The lowest BCUT2D eigenvalue weighted by Gasteiger charge is -2.32. The number of ketones is 1. The number of thiophene rings is 1. The number of carbonyl (C=O) groups is 2. The average molecular weight is 313 g/mol. The first-order chi connectivity index (χ1) is 10.7. The molecule has 2 aromatic rings. The quantitative estimate of drug-likeness (QED) is 0.811. The number of Topliss-reactive ketones (excluding diaryl/α,β-unsaturated/α-hetero) is 1. The van der Waals surface area contributed by atoms with E-state index in [1.165, 1.54) is 0 Å². The smallest absolute Gasteiger partial charge is 0.227 e. The molecule has 22 heavy (non-hydrogen) atoms. The Bertz CT molecular complexity index is 636. The number of hydrogen-bond acceptors (Lipinski definition) is 3. The first-order valence-corrected chi connectivity index (χ1v) is 8.51. The molecule has 1 aliphatic rings. The van der Waals surface area contributed by atoms with Gasteiger partial charge in [-0.25, -0.2) is 0 Å². The standard InChI is InChI=1S/C18H19NO2S/c20-17(12-16-9-5-11-22-16)19-10-4-8-15(13-19)18(21)14-6-2-1-3-7-14/h1-3,5-7,9,11,15H,4,8,10,12-13H2. The predicted molar refractivity (Wildman–Crippen MR) is 88.1 cm³/mol. The van der Waals surface area contributed by atoms with Crippen LogP contribution in [0.2, 0.25) is 0 Å². The van der Waals surface area contributed by atoms with Gasteiger partial charge in [-0.15, -0.1) is 11.3 Å². The molecule has 0 radical (unpaired) electrons. The molecule has 1 amide bonds. The van der Waals surface area contributed by atoms with Crippen molar-refractivity contribution in [1.82, 2.24) is 4.90 Å². The maximum atomic E-state index is 12.5. The predicted octanol–water partition coefficient (Wildman–Crippen LogP) is 3.41. The third-order valence-electron chi connectivity index (χ3n) is 4.11. The molecule has 1 atom stereocenters. The number of amides is 1. The molecule has 1 aromatic carbocycles. The molecule has 0 N–H and O–H groups in total. The van der Waals surface area contributed by atoms with Crippen molar-refractivity contribution in [3.8, 4) is 0 Å². The molecule has 2 heterocycles. The zero-order chi connectivity index (χ0) is 15.4. The van der Waals surface area contributed by atoms with Crippen LogP contribution in [0.15, 0.2) is 47.8 Å². The Morgan fingerprint density at radius 3 is 2.68 bits per heavy atom. The third-order valence-corrected chi connectivity index (χ3v) is 4.99. The van der Waals surface area contributed by atoms with Crippen molar-refractivity contribution in [2.45, 2.75) is 19.3 Å². The lowest BCUT2D eigenvalue weighted by molar-refractivity contribution is -0.131. The number of piperidine rings is 1. The fraction of sp³-hybridized carbons (Fsp3) is 0.333. The van der Waals surface area contributed by atoms with Gasteiger partial charge in [0.05, 0.1) is 6.42 Å². The number of rotatable bonds is 4. The maximum Gasteiger partial charge on any atom is 0.227 e. The first-order valence-electron chi connectivity index (χ1n) is 7.63. The highest BCUT2D eigenvalue weighted by Gasteiger charge is 2.28. The molecule has 0 saturated carbocycles. The number of likely N-dealkylation sites (tertiary alicyclic amines) is 1. The van der Waals surface area contributed by atoms with Gasteiger partial charge in [-0.2, -0.15) is 0 Å². The number of hydrogen-bond donors (Lipinski definition) is 0. The van der Waals surface area contributed by atoms with Gasteiger partial charge in [0.1, 0.15) is 0 Å². The lowest BCUT2D eigenvalue weighted by atomic mass is 9.90. The second-order valence-corrected chi connectivity index (χ2v) is 6.70. The summed E-state index contributed by atoms with van der Waals surface area (Å²) in [6, 6.07) is 13.3. The van der Waals surface area contributed by atoms with Crippen LogP contribution < -0.4 is 0 Å². The maximum absolute atomic E-state index is 12.5. The van der Waals surface area contributed by atoms with E-state index >= 15 is 0 Å². The molecule has 4 heteroatoms. The minimum Gasteiger partial charge on any atom is -0.342 e. The highest BCUT2D eigenvalue weighted by atomic mass is 32.1. The van der Waals surface area contributed by atoms with E-state index in [-0.39, 0.29) is 17.6 Å². The molecule has 0 spiro atoms. The summed E-state index contributed by atoms with van der Waals surface area (Å²) in [4.78, 5) is 27.9. The van der Waals surface area contributed by atoms with Gasteiger partial charge < -0.3 is 4.90 Å². The summed E-state index contributed by atoms with van der Waals surface area (Å²) in [5.74, 6) is 0.227. The van der Waals surface area contributed by atoms with Gasteiger partial charge in [0.2, 0.25) is 5.91 Å². The molecule has 114 valence electrons. The lowest BCUT2D eigenvalue weighted by Crippen LogP contribution is -2.43. The second kappa shape index (κ2) is 6.88. The van der Waals surface area contributed by atoms with Crippen LogP contribution in [0.25, 0.3) is 0 Å². The molecule has 1 aliphatic heterocycles. The summed E-state index contributed by atoms with van der Waals surface area (Å²) >= 11 is 1.60. The van der Waals surface area contributed by atoms with E-state index in [9.17, 15) is 9.59 Å². The van der Waals surface area contributed by atoms with Crippen molar-refractivity contribution in [2.75, 3.05) is 13.1 Å². The van der Waals surface area contributed by atoms with Crippen molar-refractivity contribution in [1.29, 1.82) is 0 Å². The molecule has 1 saturated heterocycles. The Balaban J connectivity index is 1.64. The van der Waals surface area contributed by atoms with E-state index < -0.39 is 0 Å². The molecular formula is C18H19NO2S. The molecule has 1 aromatic heterocycles. The number of benzene rings is 1. The molecule has 0 aliphatic carbocycles. The van der Waals surface area contributed by atoms with Gasteiger partial charge in [-0.3, -0.25) is 9.59 Å². The van der Waals surface area contributed by atoms with Gasteiger partial charge in [-0.05, 0) is 24.3 Å². The number of carbonyl (C=O) groups excluding carboxylic acids is 2. The van der Waals surface area contributed by atoms with Crippen molar-refractivity contribution in [3.05, 3.63) is 58.3 Å².